The molecule has 6 heteroatoms. The number of hydrogen-bond donors (Lipinski definition) is 2. The van der Waals surface area contributed by atoms with E-state index in [1.54, 1.807) is 0 Å². The summed E-state index contributed by atoms with van der Waals surface area (Å²) in [5, 5.41) is 13.0. The summed E-state index contributed by atoms with van der Waals surface area (Å²) >= 11 is 0. The number of amides is 2. The molecule has 0 bridgehead atoms. The Bertz CT molecular complexity index is 713. The lowest BCUT2D eigenvalue weighted by molar-refractivity contribution is -0.0878. The van der Waals surface area contributed by atoms with E-state index in [-0.39, 0.29) is 0 Å². The normalized spacial score (nSPS) is 16.8. The third-order valence-corrected chi connectivity index (χ3v) is 4.43. The number of fused-ring (bicyclic) bond motifs is 2. The van der Waals surface area contributed by atoms with Gasteiger partial charge in [-0.15, -0.1) is 0 Å². The number of nitrogens with zero attached hydrogens (tertiary/aromatic N) is 2. The summed E-state index contributed by atoms with van der Waals surface area (Å²) in [6.07, 6.45) is 1.95. The molecule has 0 atom stereocenters. The molecule has 1 fully saturated rings. The van der Waals surface area contributed by atoms with Crippen molar-refractivity contribution in [2.75, 3.05) is 13.1 Å². The largest absolute Gasteiger partial charge is 0.457 e. The highest BCUT2D eigenvalue weighted by Crippen LogP contribution is 2.45. The summed E-state index contributed by atoms with van der Waals surface area (Å²) in [6, 6.07) is 13.9. The van der Waals surface area contributed by atoms with Gasteiger partial charge >= 0.3 is 6.03 Å². The van der Waals surface area contributed by atoms with Gasteiger partial charge in [-0.3, -0.25) is 10.2 Å². The van der Waals surface area contributed by atoms with E-state index in [2.05, 4.69) is 5.43 Å². The van der Waals surface area contributed by atoms with Crippen molar-refractivity contribution < 1.29 is 14.7 Å². The second-order valence-corrected chi connectivity index (χ2v) is 5.97. The van der Waals surface area contributed by atoms with Crippen LogP contribution in [0.15, 0.2) is 48.5 Å². The number of ether oxygens (including phenoxy) is 1. The Morgan fingerprint density at radius 3 is 2.29 bits per heavy atom. The van der Waals surface area contributed by atoms with Crippen molar-refractivity contribution >= 4 is 6.03 Å². The summed E-state index contributed by atoms with van der Waals surface area (Å²) in [4.78, 5) is 12.7. The molecule has 2 N–H and O–H groups in total. The Morgan fingerprint density at radius 2 is 1.71 bits per heavy atom. The van der Waals surface area contributed by atoms with Gasteiger partial charge in [-0.05, 0) is 25.0 Å². The molecule has 124 valence electrons. The highest BCUT2D eigenvalue weighted by molar-refractivity contribution is 5.74. The Hall–Kier alpha value is -2.57. The predicted molar refractivity (Wildman–Crippen MR) is 87.8 cm³/mol. The fourth-order valence-corrected chi connectivity index (χ4v) is 3.23. The van der Waals surface area contributed by atoms with Crippen molar-refractivity contribution in [2.24, 2.45) is 0 Å². The SMILES string of the molecule is O=C(N1CCCCN1)N(O)C1c2ccccc2Oc2ccccc21. The predicted octanol–water partition coefficient (Wildman–Crippen LogP) is 3.29. The summed E-state index contributed by atoms with van der Waals surface area (Å²) in [5.74, 6) is 1.30. The van der Waals surface area contributed by atoms with Crippen LogP contribution in [0.1, 0.15) is 30.0 Å². The zero-order chi connectivity index (χ0) is 16.5. The first kappa shape index (κ1) is 15.0. The maximum Gasteiger partial charge on any atom is 0.358 e. The number of para-hydroxylation sites is 2. The van der Waals surface area contributed by atoms with Crippen LogP contribution in [-0.4, -0.2) is 34.4 Å². The van der Waals surface area contributed by atoms with Gasteiger partial charge in [0.2, 0.25) is 0 Å². The van der Waals surface area contributed by atoms with Crippen LogP contribution < -0.4 is 10.2 Å². The van der Waals surface area contributed by atoms with Gasteiger partial charge in [0, 0.05) is 24.2 Å². The summed E-state index contributed by atoms with van der Waals surface area (Å²) < 4.78 is 5.90. The Kier molecular flexibility index (Phi) is 3.84. The summed E-state index contributed by atoms with van der Waals surface area (Å²) in [6.45, 7) is 1.32. The molecule has 0 spiro atoms. The minimum absolute atomic E-state index is 0.453. The van der Waals surface area contributed by atoms with E-state index >= 15 is 0 Å². The van der Waals surface area contributed by atoms with Gasteiger partial charge in [0.25, 0.3) is 0 Å². The molecule has 2 aromatic carbocycles. The number of carbonyl (C=O) groups is 1. The molecule has 4 rings (SSSR count). The van der Waals surface area contributed by atoms with Gasteiger partial charge < -0.3 is 4.74 Å². The van der Waals surface area contributed by atoms with E-state index in [1.807, 2.05) is 48.5 Å². The van der Waals surface area contributed by atoms with Gasteiger partial charge in [-0.1, -0.05) is 36.4 Å². The number of hydrogen-bond acceptors (Lipinski definition) is 4. The van der Waals surface area contributed by atoms with Gasteiger partial charge in [-0.2, -0.15) is 5.06 Å². The van der Waals surface area contributed by atoms with E-state index < -0.39 is 12.1 Å². The zero-order valence-corrected chi connectivity index (χ0v) is 13.2. The second-order valence-electron chi connectivity index (χ2n) is 5.97. The Labute approximate surface area is 140 Å². The van der Waals surface area contributed by atoms with Crippen molar-refractivity contribution in [2.45, 2.75) is 18.9 Å². The van der Waals surface area contributed by atoms with Gasteiger partial charge in [0.15, 0.2) is 0 Å². The van der Waals surface area contributed by atoms with Gasteiger partial charge in [0.05, 0.1) is 0 Å². The van der Waals surface area contributed by atoms with E-state index in [4.69, 9.17) is 4.74 Å². The van der Waals surface area contributed by atoms with E-state index in [0.29, 0.717) is 18.0 Å². The minimum atomic E-state index is -0.595. The zero-order valence-electron chi connectivity index (χ0n) is 13.2. The second kappa shape index (κ2) is 6.14. The van der Waals surface area contributed by atoms with Crippen LogP contribution in [0.4, 0.5) is 4.79 Å². The lowest BCUT2D eigenvalue weighted by Crippen LogP contribution is -2.53. The molecule has 2 aliphatic heterocycles. The molecule has 0 aliphatic carbocycles. The monoisotopic (exact) mass is 325 g/mol. The number of benzene rings is 2. The minimum Gasteiger partial charge on any atom is -0.457 e. The van der Waals surface area contributed by atoms with E-state index in [0.717, 1.165) is 35.6 Å². The average Bonchev–Trinajstić information content (AvgIpc) is 2.65. The molecule has 2 heterocycles. The first-order chi connectivity index (χ1) is 11.8. The topological polar surface area (TPSA) is 65.0 Å². The van der Waals surface area contributed by atoms with Crippen molar-refractivity contribution in [1.29, 1.82) is 0 Å². The summed E-state index contributed by atoms with van der Waals surface area (Å²) in [5.41, 5.74) is 4.57. The lowest BCUT2D eigenvalue weighted by atomic mass is 9.94. The molecule has 1 saturated heterocycles. The van der Waals surface area contributed by atoms with E-state index in [1.165, 1.54) is 5.01 Å². The quantitative estimate of drug-likeness (QED) is 0.624. The molecular weight excluding hydrogens is 306 g/mol. The van der Waals surface area contributed by atoms with Crippen LogP contribution in [-0.2, 0) is 0 Å². The molecule has 0 saturated carbocycles. The first-order valence-electron chi connectivity index (χ1n) is 8.14. The van der Waals surface area contributed by atoms with Crippen LogP contribution >= 0.6 is 0 Å². The van der Waals surface area contributed by atoms with Crippen molar-refractivity contribution in [1.82, 2.24) is 15.5 Å². The standard InChI is InChI=1S/C18H19N3O3/c22-18(20-12-6-5-11-19-20)21(23)17-13-7-1-3-9-15(13)24-16-10-4-2-8-14(16)17/h1-4,7-10,17,19,23H,5-6,11-12H2. The maximum atomic E-state index is 12.7. The molecule has 2 amide bonds. The third kappa shape index (κ3) is 2.50. The average molecular weight is 325 g/mol. The molecule has 6 nitrogen and oxygen atoms in total. The Morgan fingerprint density at radius 1 is 1.08 bits per heavy atom. The van der Waals surface area contributed by atoms with Gasteiger partial charge in [-0.25, -0.2) is 10.2 Å². The van der Waals surface area contributed by atoms with Crippen molar-refractivity contribution in [3.8, 4) is 11.5 Å². The number of carbonyl (C=O) groups excluding carboxylic acids is 1. The molecule has 0 unspecified atom stereocenters. The molecule has 2 aliphatic rings. The smallest absolute Gasteiger partial charge is 0.358 e. The third-order valence-electron chi connectivity index (χ3n) is 4.43. The van der Waals surface area contributed by atoms with Crippen LogP contribution in [0, 0.1) is 0 Å². The number of hydroxylamine groups is 2. The van der Waals surface area contributed by atoms with Crippen molar-refractivity contribution in [3.63, 3.8) is 0 Å². The molecule has 0 radical (unpaired) electrons. The van der Waals surface area contributed by atoms with Crippen LogP contribution in [0.3, 0.4) is 0 Å². The Balaban J connectivity index is 1.72. The van der Waals surface area contributed by atoms with Gasteiger partial charge in [0.1, 0.15) is 17.5 Å². The van der Waals surface area contributed by atoms with Crippen LogP contribution in [0.25, 0.3) is 0 Å². The van der Waals surface area contributed by atoms with Crippen molar-refractivity contribution in [3.05, 3.63) is 59.7 Å². The van der Waals surface area contributed by atoms with Crippen LogP contribution in [0.5, 0.6) is 11.5 Å². The lowest BCUT2D eigenvalue weighted by Gasteiger charge is -2.36. The summed E-state index contributed by atoms with van der Waals surface area (Å²) in [7, 11) is 0. The number of rotatable bonds is 1. The fourth-order valence-electron chi connectivity index (χ4n) is 3.23. The first-order valence-corrected chi connectivity index (χ1v) is 8.14. The highest BCUT2D eigenvalue weighted by Gasteiger charge is 2.36. The molecule has 0 aromatic heterocycles. The molecule has 24 heavy (non-hydrogen) atoms. The molecule has 2 aromatic rings. The molecular formula is C18H19N3O3. The number of hydrazine groups is 1. The maximum absolute atomic E-state index is 12.7. The highest BCUT2D eigenvalue weighted by atomic mass is 16.5. The fraction of sp³-hybridized carbons (Fsp3) is 0.278. The van der Waals surface area contributed by atoms with Crippen LogP contribution in [0.2, 0.25) is 0 Å². The van der Waals surface area contributed by atoms with E-state index in [9.17, 15) is 10.0 Å². The number of urea groups is 1. The number of nitrogens with one attached hydrogen (secondary N) is 1.